The summed E-state index contributed by atoms with van der Waals surface area (Å²) in [5.74, 6) is 0.849. The van der Waals surface area contributed by atoms with E-state index in [0.29, 0.717) is 18.1 Å². The molecule has 3 rings (SSSR count). The number of nitrogens with zero attached hydrogens (tertiary/aromatic N) is 3. The normalized spacial score (nSPS) is 10.7. The second-order valence-electron chi connectivity index (χ2n) is 4.60. The lowest BCUT2D eigenvalue weighted by atomic mass is 10.2. The molecule has 0 fully saturated rings. The molecule has 0 saturated heterocycles. The lowest BCUT2D eigenvalue weighted by molar-refractivity contribution is -0.120. The van der Waals surface area contributed by atoms with Gasteiger partial charge < -0.3 is 14.4 Å². The maximum Gasteiger partial charge on any atom is 0.246 e. The largest absolute Gasteiger partial charge is 0.348 e. The Labute approximate surface area is 125 Å². The Morgan fingerprint density at radius 3 is 3.10 bits per heavy atom. The third-order valence-corrected chi connectivity index (χ3v) is 3.75. The highest BCUT2D eigenvalue weighted by Gasteiger charge is 2.12. The Hall–Kier alpha value is -2.41. The van der Waals surface area contributed by atoms with E-state index in [2.05, 4.69) is 15.5 Å². The number of amides is 1. The molecule has 6 nitrogen and oxygen atoms in total. The van der Waals surface area contributed by atoms with Crippen LogP contribution in [0.15, 0.2) is 39.7 Å². The number of aryl methyl sites for hydroxylation is 1. The average Bonchev–Trinajstić information content (AvgIpc) is 3.17. The van der Waals surface area contributed by atoms with Gasteiger partial charge in [0, 0.05) is 13.2 Å². The molecular weight excluding hydrogens is 288 g/mol. The van der Waals surface area contributed by atoms with Crippen LogP contribution in [0.4, 0.5) is 0 Å². The third-order valence-electron chi connectivity index (χ3n) is 3.02. The van der Waals surface area contributed by atoms with E-state index in [1.54, 1.807) is 11.3 Å². The van der Waals surface area contributed by atoms with Crippen LogP contribution in [0.2, 0.25) is 0 Å². The third kappa shape index (κ3) is 3.19. The maximum atomic E-state index is 11.8. The van der Waals surface area contributed by atoms with Gasteiger partial charge in [-0.25, -0.2) is 0 Å². The van der Waals surface area contributed by atoms with Crippen molar-refractivity contribution >= 4 is 17.2 Å². The molecule has 0 saturated carbocycles. The number of aromatic nitrogens is 3. The van der Waals surface area contributed by atoms with Crippen molar-refractivity contribution in [2.75, 3.05) is 0 Å². The summed E-state index contributed by atoms with van der Waals surface area (Å²) in [5, 5.41) is 10.6. The Morgan fingerprint density at radius 1 is 1.48 bits per heavy atom. The second kappa shape index (κ2) is 5.92. The zero-order chi connectivity index (χ0) is 14.7. The molecule has 0 aliphatic carbocycles. The van der Waals surface area contributed by atoms with Gasteiger partial charge in [-0.3, -0.25) is 4.79 Å². The molecule has 3 heterocycles. The molecule has 0 atom stereocenters. The summed E-state index contributed by atoms with van der Waals surface area (Å²) in [5.41, 5.74) is 1.88. The van der Waals surface area contributed by atoms with Gasteiger partial charge in [-0.15, -0.1) is 0 Å². The van der Waals surface area contributed by atoms with Gasteiger partial charge in [-0.2, -0.15) is 16.3 Å². The van der Waals surface area contributed by atoms with E-state index < -0.39 is 0 Å². The zero-order valence-electron chi connectivity index (χ0n) is 11.4. The standard InChI is InChI=1S/C14H14N4O2S/c1-18-5-2-3-11(18)14-16-13(20-17-14)8-15-12(19)7-10-4-6-21-9-10/h2-6,9H,7-8H2,1H3,(H,15,19). The first-order valence-corrected chi connectivity index (χ1v) is 7.39. The molecule has 3 aromatic rings. The average molecular weight is 302 g/mol. The summed E-state index contributed by atoms with van der Waals surface area (Å²) in [6, 6.07) is 5.75. The summed E-state index contributed by atoms with van der Waals surface area (Å²) in [6.45, 7) is 0.237. The molecule has 0 bridgehead atoms. The van der Waals surface area contributed by atoms with Crippen molar-refractivity contribution in [1.82, 2.24) is 20.0 Å². The van der Waals surface area contributed by atoms with Crippen LogP contribution in [0, 0.1) is 0 Å². The topological polar surface area (TPSA) is 73.0 Å². The smallest absolute Gasteiger partial charge is 0.246 e. The second-order valence-corrected chi connectivity index (χ2v) is 5.38. The monoisotopic (exact) mass is 302 g/mol. The van der Waals surface area contributed by atoms with Gasteiger partial charge in [0.2, 0.25) is 17.6 Å². The number of thiophene rings is 1. The van der Waals surface area contributed by atoms with Gasteiger partial charge in [-0.05, 0) is 34.5 Å². The van der Waals surface area contributed by atoms with E-state index in [1.807, 2.05) is 46.8 Å². The van der Waals surface area contributed by atoms with E-state index in [0.717, 1.165) is 11.3 Å². The summed E-state index contributed by atoms with van der Waals surface area (Å²) in [7, 11) is 1.91. The van der Waals surface area contributed by atoms with Crippen LogP contribution in [-0.4, -0.2) is 20.6 Å². The Balaban J connectivity index is 1.58. The molecule has 0 aliphatic heterocycles. The van der Waals surface area contributed by atoms with Gasteiger partial charge in [0.1, 0.15) is 0 Å². The first kappa shape index (κ1) is 13.6. The molecule has 0 aliphatic rings. The minimum Gasteiger partial charge on any atom is -0.348 e. The fourth-order valence-corrected chi connectivity index (χ4v) is 2.61. The van der Waals surface area contributed by atoms with Crippen molar-refractivity contribution in [1.29, 1.82) is 0 Å². The highest BCUT2D eigenvalue weighted by atomic mass is 32.1. The van der Waals surface area contributed by atoms with Gasteiger partial charge in [0.15, 0.2) is 0 Å². The molecule has 1 N–H and O–H groups in total. The van der Waals surface area contributed by atoms with Gasteiger partial charge in [0.25, 0.3) is 0 Å². The first-order valence-electron chi connectivity index (χ1n) is 6.44. The summed E-state index contributed by atoms with van der Waals surface area (Å²) >= 11 is 1.58. The molecule has 1 amide bonds. The van der Waals surface area contributed by atoms with Crippen LogP contribution in [-0.2, 0) is 24.8 Å². The molecule has 7 heteroatoms. The molecular formula is C14H14N4O2S. The lowest BCUT2D eigenvalue weighted by Crippen LogP contribution is -2.24. The first-order chi connectivity index (χ1) is 10.2. The number of hydrogen-bond donors (Lipinski definition) is 1. The summed E-state index contributed by atoms with van der Waals surface area (Å²) in [4.78, 5) is 16.0. The van der Waals surface area contributed by atoms with Crippen molar-refractivity contribution in [3.63, 3.8) is 0 Å². The van der Waals surface area contributed by atoms with Crippen LogP contribution in [0.1, 0.15) is 11.5 Å². The fraction of sp³-hybridized carbons (Fsp3) is 0.214. The molecule has 0 unspecified atom stereocenters. The lowest BCUT2D eigenvalue weighted by Gasteiger charge is -2.00. The molecule has 0 aromatic carbocycles. The van der Waals surface area contributed by atoms with Crippen molar-refractivity contribution in [2.24, 2.45) is 7.05 Å². The van der Waals surface area contributed by atoms with Crippen molar-refractivity contribution in [2.45, 2.75) is 13.0 Å². The number of carbonyl (C=O) groups excluding carboxylic acids is 1. The predicted molar refractivity (Wildman–Crippen MR) is 78.6 cm³/mol. The van der Waals surface area contributed by atoms with E-state index >= 15 is 0 Å². The van der Waals surface area contributed by atoms with Gasteiger partial charge in [0.05, 0.1) is 18.7 Å². The SMILES string of the molecule is Cn1cccc1-c1noc(CNC(=O)Cc2ccsc2)n1. The van der Waals surface area contributed by atoms with E-state index in [4.69, 9.17) is 4.52 Å². The fourth-order valence-electron chi connectivity index (χ4n) is 1.94. The van der Waals surface area contributed by atoms with Crippen molar-refractivity contribution < 1.29 is 9.32 Å². The predicted octanol–water partition coefficient (Wildman–Crippen LogP) is 2.00. The van der Waals surface area contributed by atoms with Gasteiger partial charge >= 0.3 is 0 Å². The minimum absolute atomic E-state index is 0.0629. The molecule has 108 valence electrons. The van der Waals surface area contributed by atoms with E-state index in [9.17, 15) is 4.79 Å². The molecule has 0 radical (unpaired) electrons. The number of nitrogens with one attached hydrogen (secondary N) is 1. The molecule has 3 aromatic heterocycles. The van der Waals surface area contributed by atoms with Crippen LogP contribution in [0.25, 0.3) is 11.5 Å². The number of hydrogen-bond acceptors (Lipinski definition) is 5. The van der Waals surface area contributed by atoms with Crippen LogP contribution >= 0.6 is 11.3 Å². The molecule has 0 spiro atoms. The Morgan fingerprint density at radius 2 is 2.38 bits per heavy atom. The Bertz CT molecular complexity index is 730. The Kier molecular flexibility index (Phi) is 3.83. The summed E-state index contributed by atoms with van der Waals surface area (Å²) in [6.07, 6.45) is 2.27. The van der Waals surface area contributed by atoms with E-state index in [1.165, 1.54) is 0 Å². The van der Waals surface area contributed by atoms with Crippen LogP contribution < -0.4 is 5.32 Å². The van der Waals surface area contributed by atoms with Crippen molar-refractivity contribution in [3.8, 4) is 11.5 Å². The maximum absolute atomic E-state index is 11.8. The highest BCUT2D eigenvalue weighted by Crippen LogP contribution is 2.15. The minimum atomic E-state index is -0.0629. The highest BCUT2D eigenvalue weighted by molar-refractivity contribution is 7.07. The van der Waals surface area contributed by atoms with Crippen LogP contribution in [0.5, 0.6) is 0 Å². The zero-order valence-corrected chi connectivity index (χ0v) is 12.3. The molecule has 21 heavy (non-hydrogen) atoms. The van der Waals surface area contributed by atoms with E-state index in [-0.39, 0.29) is 12.5 Å². The summed E-state index contributed by atoms with van der Waals surface area (Å²) < 4.78 is 7.05. The van der Waals surface area contributed by atoms with Crippen LogP contribution in [0.3, 0.4) is 0 Å². The number of rotatable bonds is 5. The number of carbonyl (C=O) groups is 1. The quantitative estimate of drug-likeness (QED) is 0.782. The van der Waals surface area contributed by atoms with Gasteiger partial charge in [-0.1, -0.05) is 5.16 Å². The van der Waals surface area contributed by atoms with Crippen molar-refractivity contribution in [3.05, 3.63) is 46.6 Å².